The quantitative estimate of drug-likeness (QED) is 0.553. The summed E-state index contributed by atoms with van der Waals surface area (Å²) in [5.74, 6) is -0.0432. The summed E-state index contributed by atoms with van der Waals surface area (Å²) in [5.41, 5.74) is 5.53. The van der Waals surface area contributed by atoms with Crippen LogP contribution in [0.3, 0.4) is 0 Å². The largest absolute Gasteiger partial charge is 0.368 e. The first-order chi connectivity index (χ1) is 12.2. The van der Waals surface area contributed by atoms with Gasteiger partial charge < -0.3 is 16.4 Å². The van der Waals surface area contributed by atoms with E-state index in [9.17, 15) is 14.4 Å². The lowest BCUT2D eigenvalue weighted by molar-refractivity contribution is -0.132. The minimum Gasteiger partial charge on any atom is -0.368 e. The van der Waals surface area contributed by atoms with Gasteiger partial charge in [0.15, 0.2) is 0 Å². The molecule has 0 bridgehead atoms. The molecule has 26 heavy (non-hydrogen) atoms. The molecule has 0 aromatic carbocycles. The third-order valence-electron chi connectivity index (χ3n) is 4.91. The predicted octanol–water partition coefficient (Wildman–Crippen LogP) is 2.50. The van der Waals surface area contributed by atoms with Gasteiger partial charge in [0.2, 0.25) is 17.7 Å². The smallest absolute Gasteiger partial charge is 0.243 e. The molecule has 1 aliphatic carbocycles. The number of carbonyl (C=O) groups excluding carboxylic acids is 3. The minimum absolute atomic E-state index is 0.135. The molecule has 1 fully saturated rings. The Hall–Kier alpha value is -1.59. The Morgan fingerprint density at radius 3 is 2.04 bits per heavy atom. The highest BCUT2D eigenvalue weighted by Crippen LogP contribution is 2.27. The van der Waals surface area contributed by atoms with Crippen molar-refractivity contribution in [1.82, 2.24) is 10.6 Å². The van der Waals surface area contributed by atoms with Crippen molar-refractivity contribution in [3.8, 4) is 0 Å². The van der Waals surface area contributed by atoms with Crippen molar-refractivity contribution in [2.75, 3.05) is 0 Å². The molecule has 0 aromatic rings. The number of nitrogens with two attached hydrogens (primary N) is 1. The summed E-state index contributed by atoms with van der Waals surface area (Å²) in [6, 6.07) is -1.29. The summed E-state index contributed by atoms with van der Waals surface area (Å²) in [5, 5.41) is 5.62. The molecule has 4 N–H and O–H groups in total. The van der Waals surface area contributed by atoms with Gasteiger partial charge in [-0.05, 0) is 30.6 Å². The molecule has 0 aliphatic heterocycles. The van der Waals surface area contributed by atoms with Crippen molar-refractivity contribution < 1.29 is 14.4 Å². The van der Waals surface area contributed by atoms with E-state index in [1.165, 1.54) is 19.3 Å². The first-order valence-corrected chi connectivity index (χ1v) is 10.1. The Labute approximate surface area is 158 Å². The summed E-state index contributed by atoms with van der Waals surface area (Å²) in [7, 11) is 0. The molecule has 0 radical (unpaired) electrons. The Bertz CT molecular complexity index is 471. The first-order valence-electron chi connectivity index (χ1n) is 10.1. The second-order valence-electron chi connectivity index (χ2n) is 8.55. The summed E-state index contributed by atoms with van der Waals surface area (Å²) < 4.78 is 0. The van der Waals surface area contributed by atoms with Crippen LogP contribution in [0, 0.1) is 17.8 Å². The van der Waals surface area contributed by atoms with Gasteiger partial charge in [0, 0.05) is 6.42 Å². The molecule has 6 heteroatoms. The van der Waals surface area contributed by atoms with E-state index in [0.717, 1.165) is 12.8 Å². The number of nitrogens with one attached hydrogen (secondary N) is 2. The van der Waals surface area contributed by atoms with E-state index in [4.69, 9.17) is 5.73 Å². The Morgan fingerprint density at radius 2 is 1.54 bits per heavy atom. The van der Waals surface area contributed by atoms with Gasteiger partial charge in [-0.25, -0.2) is 0 Å². The third kappa shape index (κ3) is 8.68. The fourth-order valence-corrected chi connectivity index (χ4v) is 3.60. The fourth-order valence-electron chi connectivity index (χ4n) is 3.60. The van der Waals surface area contributed by atoms with E-state index in [1.807, 2.05) is 27.7 Å². The van der Waals surface area contributed by atoms with Crippen LogP contribution < -0.4 is 16.4 Å². The highest BCUT2D eigenvalue weighted by atomic mass is 16.2. The monoisotopic (exact) mass is 367 g/mol. The van der Waals surface area contributed by atoms with Crippen LogP contribution in [0.15, 0.2) is 0 Å². The normalized spacial score (nSPS) is 17.8. The van der Waals surface area contributed by atoms with E-state index >= 15 is 0 Å². The van der Waals surface area contributed by atoms with Crippen molar-refractivity contribution in [2.45, 2.75) is 91.1 Å². The summed E-state index contributed by atoms with van der Waals surface area (Å²) in [6.07, 6.45) is 7.25. The van der Waals surface area contributed by atoms with E-state index < -0.39 is 18.0 Å². The molecule has 1 saturated carbocycles. The average molecular weight is 368 g/mol. The van der Waals surface area contributed by atoms with Crippen molar-refractivity contribution in [3.05, 3.63) is 0 Å². The molecule has 3 amide bonds. The average Bonchev–Trinajstić information content (AvgIpc) is 2.53. The maximum Gasteiger partial charge on any atom is 0.243 e. The number of hydrogen-bond donors (Lipinski definition) is 3. The number of hydrogen-bond acceptors (Lipinski definition) is 3. The summed E-state index contributed by atoms with van der Waals surface area (Å²) >= 11 is 0. The van der Waals surface area contributed by atoms with Crippen LogP contribution in [0.1, 0.15) is 79.1 Å². The second-order valence-corrected chi connectivity index (χ2v) is 8.55. The third-order valence-corrected chi connectivity index (χ3v) is 4.91. The van der Waals surface area contributed by atoms with Gasteiger partial charge in [0.25, 0.3) is 0 Å². The molecule has 1 aliphatic rings. The fraction of sp³-hybridized carbons (Fsp3) is 0.850. The number of rotatable bonds is 10. The standard InChI is InChI=1S/C20H37N3O3/c1-13(2)10-17(22-18(24)11-14(3)4)20(26)23-16(19(21)25)12-15-8-6-5-7-9-15/h13-17H,5-12H2,1-4H3,(H2,21,25)(H,22,24)(H,23,26)/t16-,17+/m1/s1. The zero-order valence-electron chi connectivity index (χ0n) is 16.8. The SMILES string of the molecule is CC(C)CC(=O)N[C@@H](CC(C)C)C(=O)N[C@H](CC1CCCCC1)C(N)=O. The summed E-state index contributed by atoms with van der Waals surface area (Å²) in [4.78, 5) is 36.7. The van der Waals surface area contributed by atoms with Crippen molar-refractivity contribution in [2.24, 2.45) is 23.5 Å². The van der Waals surface area contributed by atoms with Gasteiger partial charge in [-0.2, -0.15) is 0 Å². The lowest BCUT2D eigenvalue weighted by Gasteiger charge is -2.27. The molecule has 0 heterocycles. The Morgan fingerprint density at radius 1 is 0.923 bits per heavy atom. The molecule has 0 aromatic heterocycles. The molecule has 0 spiro atoms. The molecule has 2 atom stereocenters. The lowest BCUT2D eigenvalue weighted by atomic mass is 9.84. The highest BCUT2D eigenvalue weighted by Gasteiger charge is 2.28. The summed E-state index contributed by atoms with van der Waals surface area (Å²) in [6.45, 7) is 7.93. The van der Waals surface area contributed by atoms with Gasteiger partial charge in [0.1, 0.15) is 12.1 Å². The second kappa shape index (κ2) is 11.2. The Kier molecular flexibility index (Phi) is 9.66. The predicted molar refractivity (Wildman–Crippen MR) is 103 cm³/mol. The zero-order valence-corrected chi connectivity index (χ0v) is 16.8. The minimum atomic E-state index is -0.665. The van der Waals surface area contributed by atoms with Crippen LogP contribution in [0.2, 0.25) is 0 Å². The van der Waals surface area contributed by atoms with E-state index in [1.54, 1.807) is 0 Å². The van der Waals surface area contributed by atoms with Crippen LogP contribution in [-0.4, -0.2) is 29.8 Å². The molecular weight excluding hydrogens is 330 g/mol. The van der Waals surface area contributed by atoms with Gasteiger partial charge >= 0.3 is 0 Å². The lowest BCUT2D eigenvalue weighted by Crippen LogP contribution is -2.53. The van der Waals surface area contributed by atoms with E-state index in [-0.39, 0.29) is 23.7 Å². The molecular formula is C20H37N3O3. The van der Waals surface area contributed by atoms with Gasteiger partial charge in [-0.15, -0.1) is 0 Å². The maximum absolute atomic E-state index is 12.7. The first kappa shape index (κ1) is 22.5. The molecule has 150 valence electrons. The van der Waals surface area contributed by atoms with Crippen molar-refractivity contribution in [3.63, 3.8) is 0 Å². The maximum atomic E-state index is 12.7. The zero-order chi connectivity index (χ0) is 19.7. The van der Waals surface area contributed by atoms with E-state index in [0.29, 0.717) is 25.2 Å². The number of primary amides is 1. The van der Waals surface area contributed by atoms with Crippen LogP contribution >= 0.6 is 0 Å². The highest BCUT2D eigenvalue weighted by molar-refractivity contribution is 5.91. The molecule has 0 saturated heterocycles. The topological polar surface area (TPSA) is 101 Å². The van der Waals surface area contributed by atoms with Crippen LogP contribution in [0.5, 0.6) is 0 Å². The van der Waals surface area contributed by atoms with Crippen molar-refractivity contribution >= 4 is 17.7 Å². The van der Waals surface area contributed by atoms with Crippen LogP contribution in [-0.2, 0) is 14.4 Å². The number of amides is 3. The van der Waals surface area contributed by atoms with Crippen LogP contribution in [0.4, 0.5) is 0 Å². The number of carbonyl (C=O) groups is 3. The van der Waals surface area contributed by atoms with Gasteiger partial charge in [0.05, 0.1) is 0 Å². The van der Waals surface area contributed by atoms with E-state index in [2.05, 4.69) is 10.6 Å². The van der Waals surface area contributed by atoms with Crippen LogP contribution in [0.25, 0.3) is 0 Å². The van der Waals surface area contributed by atoms with Gasteiger partial charge in [-0.3, -0.25) is 14.4 Å². The van der Waals surface area contributed by atoms with Crippen molar-refractivity contribution in [1.29, 1.82) is 0 Å². The Balaban J connectivity index is 2.70. The molecule has 6 nitrogen and oxygen atoms in total. The van der Waals surface area contributed by atoms with Gasteiger partial charge in [-0.1, -0.05) is 59.8 Å². The molecule has 1 rings (SSSR count). The molecule has 0 unspecified atom stereocenters.